The van der Waals surface area contributed by atoms with E-state index < -0.39 is 11.7 Å². The van der Waals surface area contributed by atoms with Gasteiger partial charge in [-0.3, -0.25) is 9.78 Å². The highest BCUT2D eigenvalue weighted by Crippen LogP contribution is 2.44. The number of carbonyl (C=O) groups excluding carboxylic acids is 1. The lowest BCUT2D eigenvalue weighted by atomic mass is 10.0. The number of halogens is 3. The van der Waals surface area contributed by atoms with Crippen LogP contribution in [-0.4, -0.2) is 93.5 Å². The van der Waals surface area contributed by atoms with Crippen LogP contribution in [0.5, 0.6) is 5.75 Å². The van der Waals surface area contributed by atoms with E-state index in [1.807, 2.05) is 22.9 Å². The van der Waals surface area contributed by atoms with Crippen LogP contribution in [0.1, 0.15) is 32.9 Å². The standard InChI is InChI=1S/C27H31F3N4O3/c1-32-7-9-34(10-8-32)26(35)19-4-3-18(24(16-19)36-2)15-20-17-23(33-11-13-37-14-12-33)25-21(27(28,29)30)5-6-22(25)31-20/h3-5,16-17H,6-15H2,1-2H3. The highest BCUT2D eigenvalue weighted by atomic mass is 19.4. The van der Waals surface area contributed by atoms with Crippen molar-refractivity contribution < 1.29 is 27.4 Å². The molecule has 5 rings (SSSR count). The maximum absolute atomic E-state index is 13.8. The second-order valence-corrected chi connectivity index (χ2v) is 9.67. The quantitative estimate of drug-likeness (QED) is 0.607. The fourth-order valence-electron chi connectivity index (χ4n) is 5.19. The number of anilines is 1. The molecular formula is C27H31F3N4O3. The Morgan fingerprint density at radius 2 is 1.81 bits per heavy atom. The van der Waals surface area contributed by atoms with Gasteiger partial charge < -0.3 is 24.2 Å². The second-order valence-electron chi connectivity index (χ2n) is 9.67. The van der Waals surface area contributed by atoms with Gasteiger partial charge >= 0.3 is 6.18 Å². The number of nitrogens with zero attached hydrogens (tertiary/aromatic N) is 4. The number of likely N-dealkylation sites (N-methyl/N-ethyl adjacent to an activating group) is 1. The minimum absolute atomic E-state index is 0.0334. The number of piperazine rings is 1. The molecule has 0 atom stereocenters. The summed E-state index contributed by atoms with van der Waals surface area (Å²) >= 11 is 0. The minimum Gasteiger partial charge on any atom is -0.496 e. The molecule has 1 aromatic carbocycles. The van der Waals surface area contributed by atoms with Gasteiger partial charge in [-0.1, -0.05) is 12.1 Å². The van der Waals surface area contributed by atoms with E-state index in [1.165, 1.54) is 6.08 Å². The molecule has 1 aromatic heterocycles. The summed E-state index contributed by atoms with van der Waals surface area (Å²) in [6, 6.07) is 7.15. The Kier molecular flexibility index (Phi) is 7.13. The average Bonchev–Trinajstić information content (AvgIpc) is 3.34. The van der Waals surface area contributed by atoms with Crippen molar-refractivity contribution in [2.75, 3.05) is 71.5 Å². The van der Waals surface area contributed by atoms with Crippen molar-refractivity contribution >= 4 is 17.2 Å². The van der Waals surface area contributed by atoms with Crippen LogP contribution in [0.4, 0.5) is 18.9 Å². The molecule has 3 heterocycles. The highest BCUT2D eigenvalue weighted by molar-refractivity contribution is 5.95. The number of rotatable bonds is 5. The fourth-order valence-corrected chi connectivity index (χ4v) is 5.19. The smallest absolute Gasteiger partial charge is 0.416 e. The summed E-state index contributed by atoms with van der Waals surface area (Å²) in [5, 5.41) is 0. The Morgan fingerprint density at radius 3 is 2.49 bits per heavy atom. The summed E-state index contributed by atoms with van der Waals surface area (Å²) < 4.78 is 52.4. The molecule has 0 unspecified atom stereocenters. The van der Waals surface area contributed by atoms with E-state index in [9.17, 15) is 18.0 Å². The summed E-state index contributed by atoms with van der Waals surface area (Å²) in [5.41, 5.74) is 2.58. The van der Waals surface area contributed by atoms with E-state index in [0.717, 1.165) is 18.7 Å². The van der Waals surface area contributed by atoms with Gasteiger partial charge in [-0.25, -0.2) is 0 Å². The van der Waals surface area contributed by atoms with Crippen molar-refractivity contribution in [3.05, 3.63) is 58.4 Å². The highest BCUT2D eigenvalue weighted by Gasteiger charge is 2.41. The van der Waals surface area contributed by atoms with Crippen LogP contribution in [0.3, 0.4) is 0 Å². The third-order valence-electron chi connectivity index (χ3n) is 7.25. The Morgan fingerprint density at radius 1 is 1.08 bits per heavy atom. The number of ether oxygens (including phenoxy) is 2. The lowest BCUT2D eigenvalue weighted by Gasteiger charge is -2.32. The molecule has 198 valence electrons. The number of hydrogen-bond acceptors (Lipinski definition) is 6. The molecule has 2 aromatic rings. The molecule has 2 saturated heterocycles. The molecule has 10 heteroatoms. The van der Waals surface area contributed by atoms with Crippen LogP contribution in [-0.2, 0) is 17.6 Å². The zero-order chi connectivity index (χ0) is 26.2. The largest absolute Gasteiger partial charge is 0.496 e. The monoisotopic (exact) mass is 516 g/mol. The van der Waals surface area contributed by atoms with Crippen molar-refractivity contribution in [2.24, 2.45) is 0 Å². The molecule has 1 amide bonds. The molecule has 0 radical (unpaired) electrons. The van der Waals surface area contributed by atoms with Crippen LogP contribution in [0, 0.1) is 0 Å². The van der Waals surface area contributed by atoms with E-state index >= 15 is 0 Å². The van der Waals surface area contributed by atoms with Gasteiger partial charge in [0.1, 0.15) is 5.75 Å². The number of carbonyl (C=O) groups is 1. The zero-order valence-electron chi connectivity index (χ0n) is 21.1. The van der Waals surface area contributed by atoms with E-state index in [0.29, 0.717) is 74.2 Å². The number of amides is 1. The van der Waals surface area contributed by atoms with Gasteiger partial charge in [0.25, 0.3) is 5.91 Å². The Bertz CT molecular complexity index is 1200. The third kappa shape index (κ3) is 5.31. The van der Waals surface area contributed by atoms with Crippen LogP contribution in [0.15, 0.2) is 30.3 Å². The summed E-state index contributed by atoms with van der Waals surface area (Å²) in [6.07, 6.45) is -2.70. The van der Waals surface area contributed by atoms with Crippen molar-refractivity contribution in [2.45, 2.75) is 19.0 Å². The molecule has 7 nitrogen and oxygen atoms in total. The molecule has 0 spiro atoms. The first-order valence-electron chi connectivity index (χ1n) is 12.5. The SMILES string of the molecule is COc1cc(C(=O)N2CCN(C)CC2)ccc1Cc1cc(N2CCOCC2)c2c(n1)CC=C2C(F)(F)F. The summed E-state index contributed by atoms with van der Waals surface area (Å²) in [7, 11) is 3.59. The second kappa shape index (κ2) is 10.3. The van der Waals surface area contributed by atoms with Crippen molar-refractivity contribution in [3.63, 3.8) is 0 Å². The number of hydrogen-bond donors (Lipinski definition) is 0. The Hall–Kier alpha value is -3.11. The van der Waals surface area contributed by atoms with Crippen LogP contribution in [0.2, 0.25) is 0 Å². The first kappa shape index (κ1) is 25.5. The fraction of sp³-hybridized carbons (Fsp3) is 0.481. The number of methoxy groups -OCH3 is 1. The lowest BCUT2D eigenvalue weighted by Crippen LogP contribution is -2.47. The molecule has 0 N–H and O–H groups in total. The van der Waals surface area contributed by atoms with Gasteiger partial charge in [0.15, 0.2) is 0 Å². The molecule has 37 heavy (non-hydrogen) atoms. The molecular weight excluding hydrogens is 485 g/mol. The molecule has 0 saturated carbocycles. The molecule has 0 bridgehead atoms. The molecule has 2 aliphatic heterocycles. The lowest BCUT2D eigenvalue weighted by molar-refractivity contribution is -0.0687. The predicted molar refractivity (Wildman–Crippen MR) is 134 cm³/mol. The average molecular weight is 517 g/mol. The van der Waals surface area contributed by atoms with Gasteiger partial charge in [-0.05, 0) is 25.2 Å². The number of aromatic nitrogens is 1. The van der Waals surface area contributed by atoms with Gasteiger partial charge in [-0.2, -0.15) is 13.2 Å². The number of allylic oxidation sites excluding steroid dienone is 2. The van der Waals surface area contributed by atoms with Crippen LogP contribution < -0.4 is 9.64 Å². The number of alkyl halides is 3. The normalized spacial score (nSPS) is 18.6. The van der Waals surface area contributed by atoms with Crippen LogP contribution >= 0.6 is 0 Å². The zero-order valence-corrected chi connectivity index (χ0v) is 21.1. The summed E-state index contributed by atoms with van der Waals surface area (Å²) in [4.78, 5) is 23.7. The maximum Gasteiger partial charge on any atom is 0.416 e. The van der Waals surface area contributed by atoms with E-state index in [1.54, 1.807) is 25.3 Å². The van der Waals surface area contributed by atoms with E-state index in [2.05, 4.69) is 9.88 Å². The number of benzene rings is 1. The van der Waals surface area contributed by atoms with E-state index in [-0.39, 0.29) is 17.9 Å². The van der Waals surface area contributed by atoms with Gasteiger partial charge in [0, 0.05) is 80.2 Å². The Balaban J connectivity index is 1.44. The Labute approximate surface area is 214 Å². The topological polar surface area (TPSA) is 58.1 Å². The van der Waals surface area contributed by atoms with Gasteiger partial charge in [-0.15, -0.1) is 0 Å². The van der Waals surface area contributed by atoms with Crippen molar-refractivity contribution in [1.82, 2.24) is 14.8 Å². The molecule has 1 aliphatic carbocycles. The predicted octanol–water partition coefficient (Wildman–Crippen LogP) is 3.41. The number of pyridine rings is 1. The van der Waals surface area contributed by atoms with Crippen LogP contribution in [0.25, 0.3) is 5.57 Å². The number of fused-ring (bicyclic) bond motifs is 1. The maximum atomic E-state index is 13.8. The summed E-state index contributed by atoms with van der Waals surface area (Å²) in [6.45, 7) is 5.00. The summed E-state index contributed by atoms with van der Waals surface area (Å²) in [5.74, 6) is 0.526. The van der Waals surface area contributed by atoms with Gasteiger partial charge in [0.2, 0.25) is 0 Å². The van der Waals surface area contributed by atoms with Crippen molar-refractivity contribution in [1.29, 1.82) is 0 Å². The minimum atomic E-state index is -4.44. The van der Waals surface area contributed by atoms with E-state index in [4.69, 9.17) is 9.47 Å². The first-order valence-corrected chi connectivity index (χ1v) is 12.5. The first-order chi connectivity index (χ1) is 17.7. The number of morpholine rings is 1. The third-order valence-corrected chi connectivity index (χ3v) is 7.25. The van der Waals surface area contributed by atoms with Gasteiger partial charge in [0.05, 0.1) is 31.6 Å². The molecule has 3 aliphatic rings. The molecule has 2 fully saturated rings. The van der Waals surface area contributed by atoms with Crippen molar-refractivity contribution in [3.8, 4) is 5.75 Å².